The Balaban J connectivity index is 2.01. The fourth-order valence-corrected chi connectivity index (χ4v) is 2.63. The molecule has 0 spiro atoms. The fourth-order valence-electron chi connectivity index (χ4n) is 2.63. The Morgan fingerprint density at radius 3 is 2.46 bits per heavy atom. The molecule has 2 rings (SSSR count). The van der Waals surface area contributed by atoms with Gasteiger partial charge in [-0.2, -0.15) is 0 Å². The van der Waals surface area contributed by atoms with E-state index in [1.165, 1.54) is 0 Å². The van der Waals surface area contributed by atoms with Gasteiger partial charge in [-0.3, -0.25) is 9.59 Å². The summed E-state index contributed by atoms with van der Waals surface area (Å²) in [6.45, 7) is 6.12. The molecule has 0 aliphatic heterocycles. The molecular weight excluding hydrogens is 328 g/mol. The zero-order valence-electron chi connectivity index (χ0n) is 15.7. The van der Waals surface area contributed by atoms with Crippen LogP contribution in [0.15, 0.2) is 48.5 Å². The predicted octanol–water partition coefficient (Wildman–Crippen LogP) is 3.07. The van der Waals surface area contributed by atoms with Crippen molar-refractivity contribution in [1.29, 1.82) is 0 Å². The first kappa shape index (κ1) is 19.5. The zero-order chi connectivity index (χ0) is 19.1. The summed E-state index contributed by atoms with van der Waals surface area (Å²) in [5.41, 5.74) is 2.49. The molecule has 138 valence electrons. The molecule has 0 aliphatic carbocycles. The van der Waals surface area contributed by atoms with Gasteiger partial charge >= 0.3 is 0 Å². The van der Waals surface area contributed by atoms with Gasteiger partial charge < -0.3 is 15.4 Å². The van der Waals surface area contributed by atoms with Crippen LogP contribution < -0.4 is 15.4 Å². The van der Waals surface area contributed by atoms with Crippen molar-refractivity contribution in [3.05, 3.63) is 65.2 Å². The molecule has 1 unspecified atom stereocenters. The third kappa shape index (κ3) is 5.34. The molecule has 5 nitrogen and oxygen atoms in total. The number of benzene rings is 2. The molecule has 0 aliphatic rings. The van der Waals surface area contributed by atoms with Crippen LogP contribution in [0, 0.1) is 12.8 Å². The van der Waals surface area contributed by atoms with Crippen LogP contribution in [0.1, 0.15) is 35.3 Å². The van der Waals surface area contributed by atoms with Crippen molar-refractivity contribution < 1.29 is 14.3 Å². The lowest BCUT2D eigenvalue weighted by molar-refractivity contribution is -0.124. The summed E-state index contributed by atoms with van der Waals surface area (Å²) >= 11 is 0. The minimum absolute atomic E-state index is 0.0333. The van der Waals surface area contributed by atoms with Gasteiger partial charge in [-0.05, 0) is 42.7 Å². The highest BCUT2D eigenvalue weighted by Crippen LogP contribution is 2.13. The second kappa shape index (κ2) is 9.04. The van der Waals surface area contributed by atoms with E-state index in [1.54, 1.807) is 19.2 Å². The Morgan fingerprint density at radius 1 is 1.08 bits per heavy atom. The predicted molar refractivity (Wildman–Crippen MR) is 102 cm³/mol. The molecule has 0 saturated carbocycles. The molecule has 2 N–H and O–H groups in total. The quantitative estimate of drug-likeness (QED) is 0.803. The summed E-state index contributed by atoms with van der Waals surface area (Å²) in [5.74, 6) is 0.256. The van der Waals surface area contributed by atoms with E-state index in [4.69, 9.17) is 4.74 Å². The van der Waals surface area contributed by atoms with E-state index in [0.717, 1.165) is 16.9 Å². The molecule has 0 radical (unpaired) electrons. The molecule has 2 amide bonds. The number of rotatable bonds is 7. The molecule has 26 heavy (non-hydrogen) atoms. The summed E-state index contributed by atoms with van der Waals surface area (Å²) in [4.78, 5) is 25.1. The second-order valence-electron chi connectivity index (χ2n) is 6.63. The highest BCUT2D eigenvalue weighted by atomic mass is 16.5. The molecule has 5 heteroatoms. The molecule has 0 bridgehead atoms. The third-order valence-electron chi connectivity index (χ3n) is 4.12. The molecule has 0 saturated heterocycles. The van der Waals surface area contributed by atoms with Crippen LogP contribution >= 0.6 is 0 Å². The van der Waals surface area contributed by atoms with Crippen LogP contribution in [0.4, 0.5) is 0 Å². The van der Waals surface area contributed by atoms with Crippen molar-refractivity contribution >= 4 is 11.8 Å². The lowest BCUT2D eigenvalue weighted by atomic mass is 10.0. The van der Waals surface area contributed by atoms with Crippen molar-refractivity contribution in [1.82, 2.24) is 10.6 Å². The SMILES string of the molecule is COc1cccc(CNC(=O)C(NC(=O)c2cccc(C)c2)C(C)C)c1. The summed E-state index contributed by atoms with van der Waals surface area (Å²) in [6, 6.07) is 14.2. The second-order valence-corrected chi connectivity index (χ2v) is 6.63. The minimum Gasteiger partial charge on any atom is -0.497 e. The van der Waals surface area contributed by atoms with E-state index < -0.39 is 6.04 Å². The van der Waals surface area contributed by atoms with E-state index in [0.29, 0.717) is 12.1 Å². The molecular formula is C21H26N2O3. The molecule has 2 aromatic carbocycles. The molecule has 0 aromatic heterocycles. The number of nitrogens with one attached hydrogen (secondary N) is 2. The lowest BCUT2D eigenvalue weighted by Crippen LogP contribution is -2.49. The topological polar surface area (TPSA) is 67.4 Å². The fraction of sp³-hybridized carbons (Fsp3) is 0.333. The zero-order valence-corrected chi connectivity index (χ0v) is 15.7. The van der Waals surface area contributed by atoms with Crippen molar-refractivity contribution in [2.45, 2.75) is 33.4 Å². The Hall–Kier alpha value is -2.82. The van der Waals surface area contributed by atoms with Gasteiger partial charge in [-0.1, -0.05) is 43.7 Å². The number of hydrogen-bond donors (Lipinski definition) is 2. The van der Waals surface area contributed by atoms with Gasteiger partial charge in [-0.15, -0.1) is 0 Å². The van der Waals surface area contributed by atoms with E-state index >= 15 is 0 Å². The first-order valence-corrected chi connectivity index (χ1v) is 8.69. The Morgan fingerprint density at radius 2 is 1.81 bits per heavy atom. The molecule has 0 heterocycles. The van der Waals surface area contributed by atoms with Crippen LogP contribution in [0.3, 0.4) is 0 Å². The van der Waals surface area contributed by atoms with Crippen LogP contribution in [0.2, 0.25) is 0 Å². The van der Waals surface area contributed by atoms with E-state index in [-0.39, 0.29) is 17.7 Å². The van der Waals surface area contributed by atoms with Gasteiger partial charge in [-0.25, -0.2) is 0 Å². The van der Waals surface area contributed by atoms with Gasteiger partial charge in [0.05, 0.1) is 7.11 Å². The lowest BCUT2D eigenvalue weighted by Gasteiger charge is -2.22. The van der Waals surface area contributed by atoms with Gasteiger partial charge in [0.25, 0.3) is 5.91 Å². The number of carbonyl (C=O) groups excluding carboxylic acids is 2. The maximum absolute atomic E-state index is 12.6. The van der Waals surface area contributed by atoms with Crippen molar-refractivity contribution in [2.75, 3.05) is 7.11 Å². The normalized spacial score (nSPS) is 11.7. The van der Waals surface area contributed by atoms with Crippen molar-refractivity contribution in [2.24, 2.45) is 5.92 Å². The summed E-state index contributed by atoms with van der Waals surface area (Å²) < 4.78 is 5.19. The highest BCUT2D eigenvalue weighted by molar-refractivity contribution is 5.97. The Labute approximate surface area is 154 Å². The van der Waals surface area contributed by atoms with E-state index in [2.05, 4.69) is 10.6 Å². The number of methoxy groups -OCH3 is 1. The number of hydrogen-bond acceptors (Lipinski definition) is 3. The number of amides is 2. The summed E-state index contributed by atoms with van der Waals surface area (Å²) in [7, 11) is 1.60. The number of carbonyl (C=O) groups is 2. The maximum atomic E-state index is 12.6. The minimum atomic E-state index is -0.603. The summed E-state index contributed by atoms with van der Waals surface area (Å²) in [5, 5.41) is 5.73. The highest BCUT2D eigenvalue weighted by Gasteiger charge is 2.24. The van der Waals surface area contributed by atoms with Crippen LogP contribution in [-0.4, -0.2) is 25.0 Å². The average molecular weight is 354 g/mol. The first-order chi connectivity index (χ1) is 12.4. The van der Waals surface area contributed by atoms with E-state index in [9.17, 15) is 9.59 Å². The van der Waals surface area contributed by atoms with Crippen LogP contribution in [0.5, 0.6) is 5.75 Å². The molecule has 0 fully saturated rings. The number of aryl methyl sites for hydroxylation is 1. The first-order valence-electron chi connectivity index (χ1n) is 8.69. The van der Waals surface area contributed by atoms with Gasteiger partial charge in [0, 0.05) is 12.1 Å². The maximum Gasteiger partial charge on any atom is 0.251 e. The van der Waals surface area contributed by atoms with E-state index in [1.807, 2.05) is 57.2 Å². The molecule has 1 atom stereocenters. The monoisotopic (exact) mass is 354 g/mol. The standard InChI is InChI=1S/C21H26N2O3/c1-14(2)19(23-20(24)17-9-5-7-15(3)11-17)21(25)22-13-16-8-6-10-18(12-16)26-4/h5-12,14,19H,13H2,1-4H3,(H,22,25)(H,23,24). The summed E-state index contributed by atoms with van der Waals surface area (Å²) in [6.07, 6.45) is 0. The van der Waals surface area contributed by atoms with Gasteiger partial charge in [0.15, 0.2) is 0 Å². The van der Waals surface area contributed by atoms with Crippen LogP contribution in [0.25, 0.3) is 0 Å². The Bertz CT molecular complexity index is 771. The Kier molecular flexibility index (Phi) is 6.78. The molecule has 2 aromatic rings. The van der Waals surface area contributed by atoms with Crippen LogP contribution in [-0.2, 0) is 11.3 Å². The van der Waals surface area contributed by atoms with Gasteiger partial charge in [0.2, 0.25) is 5.91 Å². The largest absolute Gasteiger partial charge is 0.497 e. The van der Waals surface area contributed by atoms with Gasteiger partial charge in [0.1, 0.15) is 11.8 Å². The number of ether oxygens (including phenoxy) is 1. The third-order valence-corrected chi connectivity index (χ3v) is 4.12. The smallest absolute Gasteiger partial charge is 0.251 e. The average Bonchev–Trinajstić information content (AvgIpc) is 2.63. The van der Waals surface area contributed by atoms with Crippen molar-refractivity contribution in [3.8, 4) is 5.75 Å². The van der Waals surface area contributed by atoms with Crippen molar-refractivity contribution in [3.63, 3.8) is 0 Å².